The fraction of sp³-hybridized carbons (Fsp3) is 0.385. The third-order valence-electron chi connectivity index (χ3n) is 3.34. The molecular formula is C13H14FN3O. The highest BCUT2D eigenvalue weighted by atomic mass is 19.1. The van der Waals surface area contributed by atoms with Crippen molar-refractivity contribution in [2.45, 2.75) is 13.3 Å². The topological polar surface area (TPSA) is 49.0 Å². The summed E-state index contributed by atoms with van der Waals surface area (Å²) in [5, 5.41) is 7.67. The maximum Gasteiger partial charge on any atom is 0.228 e. The molecule has 0 aliphatic carbocycles. The highest BCUT2D eigenvalue weighted by Gasteiger charge is 2.27. The zero-order valence-electron chi connectivity index (χ0n) is 10.1. The lowest BCUT2D eigenvalue weighted by atomic mass is 10.0. The number of hydrogen-bond acceptors (Lipinski definition) is 2. The van der Waals surface area contributed by atoms with Gasteiger partial charge < -0.3 is 4.90 Å². The molecule has 0 atom stereocenters. The highest BCUT2D eigenvalue weighted by molar-refractivity contribution is 5.87. The zero-order valence-corrected chi connectivity index (χ0v) is 10.1. The smallest absolute Gasteiger partial charge is 0.228 e. The molecule has 1 saturated heterocycles. The van der Waals surface area contributed by atoms with Crippen LogP contribution in [-0.4, -0.2) is 34.1 Å². The number of nitrogens with zero attached hydrogens (tertiary/aromatic N) is 2. The minimum absolute atomic E-state index is 0.0887. The van der Waals surface area contributed by atoms with E-state index in [2.05, 4.69) is 17.1 Å². The van der Waals surface area contributed by atoms with Crippen LogP contribution in [0, 0.1) is 11.7 Å². The van der Waals surface area contributed by atoms with Crippen molar-refractivity contribution >= 4 is 16.8 Å². The van der Waals surface area contributed by atoms with Crippen molar-refractivity contribution in [2.75, 3.05) is 13.1 Å². The SMILES string of the molecule is CC1CN(C(=O)Cc2n[nH]c3cc(F)ccc23)C1. The summed E-state index contributed by atoms with van der Waals surface area (Å²) in [4.78, 5) is 13.8. The number of halogens is 1. The van der Waals surface area contributed by atoms with E-state index in [0.29, 0.717) is 17.1 Å². The second kappa shape index (κ2) is 4.08. The number of rotatable bonds is 2. The van der Waals surface area contributed by atoms with Crippen molar-refractivity contribution < 1.29 is 9.18 Å². The molecule has 18 heavy (non-hydrogen) atoms. The van der Waals surface area contributed by atoms with E-state index >= 15 is 0 Å². The summed E-state index contributed by atoms with van der Waals surface area (Å²) in [5.74, 6) is 0.380. The van der Waals surface area contributed by atoms with Crippen LogP contribution >= 0.6 is 0 Å². The van der Waals surface area contributed by atoms with Gasteiger partial charge in [-0.1, -0.05) is 6.92 Å². The lowest BCUT2D eigenvalue weighted by Crippen LogP contribution is -2.49. The molecule has 1 fully saturated rings. The van der Waals surface area contributed by atoms with Crippen molar-refractivity contribution in [1.29, 1.82) is 0 Å². The summed E-state index contributed by atoms with van der Waals surface area (Å²) in [5.41, 5.74) is 1.32. The Morgan fingerprint density at radius 3 is 3.06 bits per heavy atom. The van der Waals surface area contributed by atoms with Gasteiger partial charge in [-0.05, 0) is 24.1 Å². The van der Waals surface area contributed by atoms with Crippen LogP contribution in [0.5, 0.6) is 0 Å². The van der Waals surface area contributed by atoms with Crippen LogP contribution in [0.15, 0.2) is 18.2 Å². The molecule has 0 spiro atoms. The number of aromatic amines is 1. The van der Waals surface area contributed by atoms with Crippen LogP contribution in [0.3, 0.4) is 0 Å². The average molecular weight is 247 g/mol. The first-order valence-corrected chi connectivity index (χ1v) is 6.04. The van der Waals surface area contributed by atoms with Gasteiger partial charge in [-0.3, -0.25) is 9.89 Å². The van der Waals surface area contributed by atoms with Gasteiger partial charge >= 0.3 is 0 Å². The molecule has 0 radical (unpaired) electrons. The molecule has 4 nitrogen and oxygen atoms in total. The lowest BCUT2D eigenvalue weighted by molar-refractivity contribution is -0.136. The first kappa shape index (κ1) is 11.2. The summed E-state index contributed by atoms with van der Waals surface area (Å²) in [6.45, 7) is 3.78. The number of nitrogens with one attached hydrogen (secondary N) is 1. The predicted octanol–water partition coefficient (Wildman–Crippen LogP) is 1.72. The average Bonchev–Trinajstić information content (AvgIpc) is 2.67. The van der Waals surface area contributed by atoms with Crippen LogP contribution < -0.4 is 0 Å². The Morgan fingerprint density at radius 1 is 1.56 bits per heavy atom. The second-order valence-corrected chi connectivity index (χ2v) is 4.94. The zero-order chi connectivity index (χ0) is 12.7. The number of carbonyl (C=O) groups is 1. The molecule has 1 aromatic heterocycles. The van der Waals surface area contributed by atoms with Crippen molar-refractivity contribution in [3.8, 4) is 0 Å². The van der Waals surface area contributed by atoms with Gasteiger partial charge in [0.25, 0.3) is 0 Å². The van der Waals surface area contributed by atoms with Gasteiger partial charge in [0.1, 0.15) is 5.82 Å². The molecule has 1 N–H and O–H groups in total. The number of aromatic nitrogens is 2. The normalized spacial score (nSPS) is 16.0. The Bertz CT molecular complexity index is 601. The summed E-state index contributed by atoms with van der Waals surface area (Å²) in [7, 11) is 0. The van der Waals surface area contributed by atoms with Gasteiger partial charge in [-0.25, -0.2) is 4.39 Å². The van der Waals surface area contributed by atoms with Crippen LogP contribution in [0.2, 0.25) is 0 Å². The van der Waals surface area contributed by atoms with E-state index < -0.39 is 0 Å². The Labute approximate surface area is 104 Å². The molecule has 1 aromatic carbocycles. The minimum Gasteiger partial charge on any atom is -0.342 e. The van der Waals surface area contributed by atoms with E-state index in [1.54, 1.807) is 6.07 Å². The first-order valence-electron chi connectivity index (χ1n) is 6.04. The third-order valence-corrected chi connectivity index (χ3v) is 3.34. The molecule has 1 aliphatic heterocycles. The number of fused-ring (bicyclic) bond motifs is 1. The van der Waals surface area contributed by atoms with E-state index in [9.17, 15) is 9.18 Å². The van der Waals surface area contributed by atoms with E-state index in [1.807, 2.05) is 4.90 Å². The Kier molecular flexibility index (Phi) is 2.54. The second-order valence-electron chi connectivity index (χ2n) is 4.94. The molecule has 0 unspecified atom stereocenters. The number of benzene rings is 1. The van der Waals surface area contributed by atoms with Gasteiger partial charge in [0, 0.05) is 18.5 Å². The van der Waals surface area contributed by atoms with Gasteiger partial charge in [0.15, 0.2) is 0 Å². The summed E-state index contributed by atoms with van der Waals surface area (Å²) < 4.78 is 13.0. The standard InChI is InChI=1S/C13H14FN3O/c1-8-6-17(7-8)13(18)5-12-10-3-2-9(14)4-11(10)15-16-12/h2-4,8H,5-7H2,1H3,(H,15,16). The van der Waals surface area contributed by atoms with E-state index in [0.717, 1.165) is 18.5 Å². The summed E-state index contributed by atoms with van der Waals surface area (Å²) >= 11 is 0. The Balaban J connectivity index is 1.80. The molecule has 1 amide bonds. The molecule has 0 saturated carbocycles. The van der Waals surface area contributed by atoms with Crippen LogP contribution in [-0.2, 0) is 11.2 Å². The van der Waals surface area contributed by atoms with Gasteiger partial charge in [0.05, 0.1) is 17.6 Å². The molecule has 1 aliphatic rings. The van der Waals surface area contributed by atoms with E-state index in [1.165, 1.54) is 12.1 Å². The van der Waals surface area contributed by atoms with Crippen molar-refractivity contribution in [3.05, 3.63) is 29.7 Å². The fourth-order valence-corrected chi connectivity index (χ4v) is 2.34. The maximum atomic E-state index is 13.0. The Morgan fingerprint density at radius 2 is 2.33 bits per heavy atom. The quantitative estimate of drug-likeness (QED) is 0.878. The van der Waals surface area contributed by atoms with Gasteiger partial charge in [-0.15, -0.1) is 0 Å². The third kappa shape index (κ3) is 1.85. The van der Waals surface area contributed by atoms with Crippen LogP contribution in [0.4, 0.5) is 4.39 Å². The number of likely N-dealkylation sites (tertiary alicyclic amines) is 1. The Hall–Kier alpha value is -1.91. The van der Waals surface area contributed by atoms with Crippen molar-refractivity contribution in [3.63, 3.8) is 0 Å². The lowest BCUT2D eigenvalue weighted by Gasteiger charge is -2.37. The fourth-order valence-electron chi connectivity index (χ4n) is 2.34. The minimum atomic E-state index is -0.305. The van der Waals surface area contributed by atoms with Crippen LogP contribution in [0.25, 0.3) is 10.9 Å². The molecule has 2 heterocycles. The monoisotopic (exact) mass is 247 g/mol. The van der Waals surface area contributed by atoms with Crippen molar-refractivity contribution in [2.24, 2.45) is 5.92 Å². The summed E-state index contributed by atoms with van der Waals surface area (Å²) in [6, 6.07) is 4.44. The predicted molar refractivity (Wildman–Crippen MR) is 65.5 cm³/mol. The van der Waals surface area contributed by atoms with E-state index in [-0.39, 0.29) is 18.1 Å². The van der Waals surface area contributed by atoms with E-state index in [4.69, 9.17) is 0 Å². The molecule has 0 bridgehead atoms. The van der Waals surface area contributed by atoms with Crippen molar-refractivity contribution in [1.82, 2.24) is 15.1 Å². The maximum absolute atomic E-state index is 13.0. The van der Waals surface area contributed by atoms with Crippen LogP contribution in [0.1, 0.15) is 12.6 Å². The van der Waals surface area contributed by atoms with Gasteiger partial charge in [0.2, 0.25) is 5.91 Å². The first-order chi connectivity index (χ1) is 8.63. The molecule has 5 heteroatoms. The number of amides is 1. The number of carbonyl (C=O) groups excluding carboxylic acids is 1. The molecule has 2 aromatic rings. The highest BCUT2D eigenvalue weighted by Crippen LogP contribution is 2.20. The molecule has 94 valence electrons. The van der Waals surface area contributed by atoms with Gasteiger partial charge in [-0.2, -0.15) is 5.10 Å². The largest absolute Gasteiger partial charge is 0.342 e. The molecule has 3 rings (SSSR count). The number of hydrogen-bond donors (Lipinski definition) is 1. The number of H-pyrrole nitrogens is 1. The molecular weight excluding hydrogens is 233 g/mol. The summed E-state index contributed by atoms with van der Waals surface area (Å²) in [6.07, 6.45) is 0.276.